The highest BCUT2D eigenvalue weighted by molar-refractivity contribution is 7.15. The number of alkyl halides is 3. The molecule has 3 nitrogen and oxygen atoms in total. The Bertz CT molecular complexity index is 940. The Morgan fingerprint density at radius 1 is 1.12 bits per heavy atom. The van der Waals surface area contributed by atoms with E-state index in [4.69, 9.17) is 0 Å². The summed E-state index contributed by atoms with van der Waals surface area (Å²) in [6, 6.07) is 9.61. The van der Waals surface area contributed by atoms with E-state index < -0.39 is 11.7 Å². The van der Waals surface area contributed by atoms with E-state index in [-0.39, 0.29) is 5.69 Å². The summed E-state index contributed by atoms with van der Waals surface area (Å²) < 4.78 is 42.0. The number of fused-ring (bicyclic) bond motifs is 1. The van der Waals surface area contributed by atoms with Crippen molar-refractivity contribution < 1.29 is 13.2 Å². The Balaban J connectivity index is 1.95. The molecule has 0 spiro atoms. The van der Waals surface area contributed by atoms with Crippen molar-refractivity contribution in [1.82, 2.24) is 9.78 Å². The van der Waals surface area contributed by atoms with Crippen molar-refractivity contribution in [3.05, 3.63) is 52.4 Å². The van der Waals surface area contributed by atoms with E-state index in [1.807, 2.05) is 19.1 Å². The van der Waals surface area contributed by atoms with Crippen molar-refractivity contribution in [2.45, 2.75) is 32.4 Å². The Labute approximate surface area is 153 Å². The fraction of sp³-hybridized carbons (Fsp3) is 0.316. The SMILES string of the molecule is Cc1ccc(-c2nn(-c3ccccc3C(F)(F)F)c3c2CCCCN3)s1. The van der Waals surface area contributed by atoms with Gasteiger partial charge in [0.2, 0.25) is 0 Å². The molecule has 7 heteroatoms. The molecule has 0 unspecified atom stereocenters. The van der Waals surface area contributed by atoms with E-state index in [2.05, 4.69) is 10.4 Å². The van der Waals surface area contributed by atoms with E-state index in [0.717, 1.165) is 52.9 Å². The highest BCUT2D eigenvalue weighted by Gasteiger charge is 2.35. The molecule has 0 radical (unpaired) electrons. The van der Waals surface area contributed by atoms with Crippen LogP contribution in [0.5, 0.6) is 0 Å². The number of nitrogens with one attached hydrogen (secondary N) is 1. The number of benzene rings is 1. The van der Waals surface area contributed by atoms with Gasteiger partial charge in [0.1, 0.15) is 11.5 Å². The van der Waals surface area contributed by atoms with Crippen LogP contribution in [0.25, 0.3) is 16.3 Å². The summed E-state index contributed by atoms with van der Waals surface area (Å²) in [4.78, 5) is 2.14. The molecule has 4 rings (SSSR count). The third-order valence-electron chi connectivity index (χ3n) is 4.54. The van der Waals surface area contributed by atoms with Gasteiger partial charge in [-0.2, -0.15) is 18.3 Å². The summed E-state index contributed by atoms with van der Waals surface area (Å²) in [6.45, 7) is 2.75. The van der Waals surface area contributed by atoms with Gasteiger partial charge in [0, 0.05) is 17.0 Å². The maximum absolute atomic E-state index is 13.5. The number of hydrogen-bond donors (Lipinski definition) is 1. The quantitative estimate of drug-likeness (QED) is 0.623. The van der Waals surface area contributed by atoms with Gasteiger partial charge in [-0.25, -0.2) is 4.68 Å². The minimum atomic E-state index is -4.43. The Kier molecular flexibility index (Phi) is 4.26. The lowest BCUT2D eigenvalue weighted by Crippen LogP contribution is -2.14. The number of rotatable bonds is 2. The molecule has 0 saturated heterocycles. The van der Waals surface area contributed by atoms with Crippen LogP contribution in [0.4, 0.5) is 19.0 Å². The van der Waals surface area contributed by atoms with Crippen LogP contribution < -0.4 is 5.32 Å². The zero-order chi connectivity index (χ0) is 18.3. The van der Waals surface area contributed by atoms with Gasteiger partial charge in [0.05, 0.1) is 16.1 Å². The lowest BCUT2D eigenvalue weighted by atomic mass is 10.1. The minimum absolute atomic E-state index is 0.0604. The maximum Gasteiger partial charge on any atom is 0.418 e. The van der Waals surface area contributed by atoms with Crippen molar-refractivity contribution in [1.29, 1.82) is 0 Å². The molecule has 3 heterocycles. The fourth-order valence-corrected chi connectivity index (χ4v) is 4.21. The second-order valence-electron chi connectivity index (χ2n) is 6.40. The Morgan fingerprint density at radius 2 is 1.92 bits per heavy atom. The molecule has 1 aliphatic rings. The standard InChI is InChI=1S/C19H18F3N3S/c1-12-9-10-16(26-12)17-13-6-4-5-11-23-18(13)25(24-17)15-8-3-2-7-14(15)19(20,21)22/h2-3,7-10,23H,4-6,11H2,1H3. The number of hydrogen-bond acceptors (Lipinski definition) is 3. The number of halogens is 3. The van der Waals surface area contributed by atoms with E-state index in [0.29, 0.717) is 5.82 Å². The lowest BCUT2D eigenvalue weighted by Gasteiger charge is -2.15. The third kappa shape index (κ3) is 3.00. The normalized spacial score (nSPS) is 14.6. The number of anilines is 1. The van der Waals surface area contributed by atoms with Crippen molar-refractivity contribution >= 4 is 17.2 Å². The molecule has 0 atom stereocenters. The van der Waals surface area contributed by atoms with Gasteiger partial charge in [0.15, 0.2) is 0 Å². The molecule has 2 aromatic heterocycles. The summed E-state index contributed by atoms with van der Waals surface area (Å²) >= 11 is 1.61. The predicted octanol–water partition coefficient (Wildman–Crippen LogP) is 5.68. The number of thiophene rings is 1. The molecule has 1 aromatic carbocycles. The van der Waals surface area contributed by atoms with Crippen LogP contribution in [-0.2, 0) is 12.6 Å². The van der Waals surface area contributed by atoms with Crippen molar-refractivity contribution in [3.8, 4) is 16.3 Å². The molecule has 0 saturated carbocycles. The smallest absolute Gasteiger partial charge is 0.370 e. The molecule has 1 N–H and O–H groups in total. The third-order valence-corrected chi connectivity index (χ3v) is 5.55. The van der Waals surface area contributed by atoms with Crippen molar-refractivity contribution in [2.24, 2.45) is 0 Å². The Hall–Kier alpha value is -2.28. The molecule has 1 aliphatic heterocycles. The van der Waals surface area contributed by atoms with Crippen LogP contribution in [0.3, 0.4) is 0 Å². The number of aromatic nitrogens is 2. The molecule has 136 valence electrons. The zero-order valence-corrected chi connectivity index (χ0v) is 15.0. The van der Waals surface area contributed by atoms with Crippen LogP contribution in [-0.4, -0.2) is 16.3 Å². The topological polar surface area (TPSA) is 29.9 Å². The monoisotopic (exact) mass is 377 g/mol. The molecule has 0 amide bonds. The first-order valence-electron chi connectivity index (χ1n) is 8.54. The average molecular weight is 377 g/mol. The van der Waals surface area contributed by atoms with E-state index in [9.17, 15) is 13.2 Å². The van der Waals surface area contributed by atoms with Crippen LogP contribution in [0, 0.1) is 6.92 Å². The molecule has 3 aromatic rings. The number of nitrogens with zero attached hydrogens (tertiary/aromatic N) is 2. The van der Waals surface area contributed by atoms with Crippen molar-refractivity contribution in [3.63, 3.8) is 0 Å². The highest BCUT2D eigenvalue weighted by atomic mass is 32.1. The molecular formula is C19H18F3N3S. The first kappa shape index (κ1) is 17.1. The molecule has 0 bridgehead atoms. The predicted molar refractivity (Wildman–Crippen MR) is 98.0 cm³/mol. The van der Waals surface area contributed by atoms with Crippen LogP contribution in [0.15, 0.2) is 36.4 Å². The lowest BCUT2D eigenvalue weighted by molar-refractivity contribution is -0.137. The van der Waals surface area contributed by atoms with Gasteiger partial charge >= 0.3 is 6.18 Å². The van der Waals surface area contributed by atoms with Gasteiger partial charge < -0.3 is 5.32 Å². The summed E-state index contributed by atoms with van der Waals surface area (Å²) in [5, 5.41) is 7.93. The summed E-state index contributed by atoms with van der Waals surface area (Å²) in [6.07, 6.45) is -1.65. The largest absolute Gasteiger partial charge is 0.418 e. The summed E-state index contributed by atoms with van der Waals surface area (Å²) in [7, 11) is 0. The average Bonchev–Trinajstić information content (AvgIpc) is 3.09. The van der Waals surface area contributed by atoms with Crippen molar-refractivity contribution in [2.75, 3.05) is 11.9 Å². The van der Waals surface area contributed by atoms with Gasteiger partial charge in [-0.15, -0.1) is 11.3 Å². The second kappa shape index (κ2) is 6.46. The van der Waals surface area contributed by atoms with Crippen LogP contribution >= 0.6 is 11.3 Å². The zero-order valence-electron chi connectivity index (χ0n) is 14.2. The number of aryl methyl sites for hydroxylation is 1. The second-order valence-corrected chi connectivity index (χ2v) is 7.68. The van der Waals surface area contributed by atoms with Gasteiger partial charge in [-0.3, -0.25) is 0 Å². The molecule has 0 fully saturated rings. The fourth-order valence-electron chi connectivity index (χ4n) is 3.33. The van der Waals surface area contributed by atoms with Crippen LogP contribution in [0.1, 0.15) is 28.8 Å². The first-order valence-corrected chi connectivity index (χ1v) is 9.36. The molecular weight excluding hydrogens is 359 g/mol. The molecule has 0 aliphatic carbocycles. The highest BCUT2D eigenvalue weighted by Crippen LogP contribution is 2.40. The Morgan fingerprint density at radius 3 is 2.65 bits per heavy atom. The summed E-state index contributed by atoms with van der Waals surface area (Å²) in [5.74, 6) is 0.681. The first-order chi connectivity index (χ1) is 12.4. The molecule has 26 heavy (non-hydrogen) atoms. The van der Waals surface area contributed by atoms with E-state index in [1.165, 1.54) is 16.8 Å². The van der Waals surface area contributed by atoms with E-state index >= 15 is 0 Å². The van der Waals surface area contributed by atoms with Gasteiger partial charge in [-0.1, -0.05) is 12.1 Å². The number of para-hydroxylation sites is 1. The van der Waals surface area contributed by atoms with E-state index in [1.54, 1.807) is 17.4 Å². The summed E-state index contributed by atoms with van der Waals surface area (Å²) in [5.41, 5.74) is 1.17. The minimum Gasteiger partial charge on any atom is -0.370 e. The van der Waals surface area contributed by atoms with Gasteiger partial charge in [-0.05, 0) is 50.5 Å². The van der Waals surface area contributed by atoms with Crippen LogP contribution in [0.2, 0.25) is 0 Å². The maximum atomic E-state index is 13.5. The van der Waals surface area contributed by atoms with Gasteiger partial charge in [0.25, 0.3) is 0 Å².